The number of fused-ring (bicyclic) bond motifs is 1. The molecule has 0 spiro atoms. The van der Waals surface area contributed by atoms with E-state index < -0.39 is 0 Å². The zero-order valence-corrected chi connectivity index (χ0v) is 21.0. The van der Waals surface area contributed by atoms with Crippen molar-refractivity contribution in [3.8, 4) is 16.9 Å². The molecule has 3 N–H and O–H groups in total. The van der Waals surface area contributed by atoms with Gasteiger partial charge in [0.15, 0.2) is 5.13 Å². The number of pyridine rings is 2. The van der Waals surface area contributed by atoms with Crippen molar-refractivity contribution in [3.05, 3.63) is 54.9 Å². The lowest BCUT2D eigenvalue weighted by molar-refractivity contribution is 0.126. The fraction of sp³-hybridized carbons (Fsp3) is 0.393. The summed E-state index contributed by atoms with van der Waals surface area (Å²) in [7, 11) is 0. The van der Waals surface area contributed by atoms with Gasteiger partial charge in [-0.25, -0.2) is 9.97 Å². The highest BCUT2D eigenvalue weighted by Gasteiger charge is 2.20. The predicted molar refractivity (Wildman–Crippen MR) is 145 cm³/mol. The first-order valence-electron chi connectivity index (χ1n) is 12.9. The average molecular weight is 502 g/mol. The van der Waals surface area contributed by atoms with E-state index in [1.54, 1.807) is 11.3 Å². The molecule has 0 bridgehead atoms. The van der Waals surface area contributed by atoms with Gasteiger partial charge >= 0.3 is 0 Å². The van der Waals surface area contributed by atoms with Gasteiger partial charge in [-0.05, 0) is 87.3 Å². The summed E-state index contributed by atoms with van der Waals surface area (Å²) in [4.78, 5) is 13.9. The summed E-state index contributed by atoms with van der Waals surface area (Å²) < 4.78 is 7.26. The third kappa shape index (κ3) is 5.44. The molecule has 4 aromatic rings. The number of anilines is 3. The van der Waals surface area contributed by atoms with Gasteiger partial charge in [0.1, 0.15) is 17.4 Å². The molecule has 3 aromatic heterocycles. The van der Waals surface area contributed by atoms with Crippen molar-refractivity contribution in [1.82, 2.24) is 15.0 Å². The van der Waals surface area contributed by atoms with Gasteiger partial charge in [-0.2, -0.15) is 0 Å². The second kappa shape index (κ2) is 10.4. The maximum Gasteiger partial charge on any atom is 0.189 e. The Morgan fingerprint density at radius 3 is 2.56 bits per heavy atom. The molecule has 36 heavy (non-hydrogen) atoms. The van der Waals surface area contributed by atoms with Gasteiger partial charge in [-0.1, -0.05) is 23.5 Å². The fourth-order valence-corrected chi connectivity index (χ4v) is 6.03. The number of ether oxygens (including phenoxy) is 1. The van der Waals surface area contributed by atoms with E-state index in [9.17, 15) is 5.11 Å². The van der Waals surface area contributed by atoms with Crippen LogP contribution in [0, 0.1) is 0 Å². The average Bonchev–Trinajstić information content (AvgIpc) is 3.55. The first-order valence-corrected chi connectivity index (χ1v) is 13.7. The standard InChI is InChI=1S/C28H31N5O2S/c34-21-11-9-20(10-12-21)30-26-6-3-7-27(32-26)33-28-31-24-13-8-18(15-25(24)36-28)19-14-23(17-29-16-19)35-22-4-1-2-5-22/h3,6-8,13-17,20-22,34H,1-2,4-5,9-12H2,(H2,30,31,32,33). The molecule has 6 rings (SSSR count). The molecule has 0 amide bonds. The van der Waals surface area contributed by atoms with Crippen LogP contribution in [0.2, 0.25) is 0 Å². The van der Waals surface area contributed by atoms with Gasteiger partial charge in [0.2, 0.25) is 0 Å². The lowest BCUT2D eigenvalue weighted by Crippen LogP contribution is -2.28. The number of aliphatic hydroxyl groups excluding tert-OH is 1. The summed E-state index contributed by atoms with van der Waals surface area (Å²) in [6.45, 7) is 0. The minimum atomic E-state index is -0.158. The predicted octanol–water partition coefficient (Wildman–Crippen LogP) is 6.53. The highest BCUT2D eigenvalue weighted by Crippen LogP contribution is 2.33. The number of benzene rings is 1. The molecule has 2 fully saturated rings. The van der Waals surface area contributed by atoms with Crippen LogP contribution in [-0.4, -0.2) is 38.3 Å². The van der Waals surface area contributed by atoms with Crippen LogP contribution >= 0.6 is 11.3 Å². The van der Waals surface area contributed by atoms with Gasteiger partial charge in [-0.15, -0.1) is 0 Å². The topological polar surface area (TPSA) is 92.2 Å². The summed E-state index contributed by atoms with van der Waals surface area (Å²) in [5.41, 5.74) is 3.10. The largest absolute Gasteiger partial charge is 0.489 e. The highest BCUT2D eigenvalue weighted by atomic mass is 32.1. The summed E-state index contributed by atoms with van der Waals surface area (Å²) in [5, 5.41) is 17.4. The van der Waals surface area contributed by atoms with Crippen molar-refractivity contribution in [1.29, 1.82) is 0 Å². The molecule has 0 saturated heterocycles. The molecule has 3 heterocycles. The highest BCUT2D eigenvalue weighted by molar-refractivity contribution is 7.22. The van der Waals surface area contributed by atoms with E-state index in [1.807, 2.05) is 30.6 Å². The SMILES string of the molecule is OC1CCC(Nc2cccc(Nc3nc4ccc(-c5cncc(OC6CCCC6)c5)cc4s3)n2)CC1. The van der Waals surface area contributed by atoms with E-state index in [0.29, 0.717) is 12.1 Å². The Kier molecular flexibility index (Phi) is 6.70. The van der Waals surface area contributed by atoms with E-state index in [4.69, 9.17) is 14.7 Å². The van der Waals surface area contributed by atoms with Crippen molar-refractivity contribution >= 4 is 38.3 Å². The number of nitrogens with zero attached hydrogens (tertiary/aromatic N) is 3. The maximum absolute atomic E-state index is 9.74. The molecule has 0 atom stereocenters. The van der Waals surface area contributed by atoms with E-state index in [2.05, 4.69) is 39.9 Å². The second-order valence-corrected chi connectivity index (χ2v) is 10.8. The Bertz CT molecular complexity index is 1330. The van der Waals surface area contributed by atoms with Crippen LogP contribution in [0.3, 0.4) is 0 Å². The molecule has 8 heteroatoms. The molecule has 0 unspecified atom stereocenters. The van der Waals surface area contributed by atoms with E-state index in [-0.39, 0.29) is 6.10 Å². The third-order valence-corrected chi connectivity index (χ3v) is 8.01. The number of nitrogens with one attached hydrogen (secondary N) is 2. The van der Waals surface area contributed by atoms with Crippen molar-refractivity contribution in [3.63, 3.8) is 0 Å². The van der Waals surface area contributed by atoms with Crippen molar-refractivity contribution < 1.29 is 9.84 Å². The Balaban J connectivity index is 1.16. The summed E-state index contributed by atoms with van der Waals surface area (Å²) >= 11 is 1.61. The number of rotatable bonds is 7. The molecule has 2 aliphatic carbocycles. The van der Waals surface area contributed by atoms with Crippen LogP contribution in [0.15, 0.2) is 54.9 Å². The first-order chi connectivity index (χ1) is 17.7. The molecular weight excluding hydrogens is 470 g/mol. The second-order valence-electron chi connectivity index (χ2n) is 9.82. The van der Waals surface area contributed by atoms with Crippen LogP contribution in [0.1, 0.15) is 51.4 Å². The number of hydrogen-bond acceptors (Lipinski definition) is 8. The molecular formula is C28H31N5O2S. The minimum Gasteiger partial charge on any atom is -0.489 e. The molecule has 0 aliphatic heterocycles. The molecule has 7 nitrogen and oxygen atoms in total. The van der Waals surface area contributed by atoms with Gasteiger partial charge in [0.05, 0.1) is 28.6 Å². The molecule has 2 saturated carbocycles. The zero-order chi connectivity index (χ0) is 24.3. The van der Waals surface area contributed by atoms with Gasteiger partial charge < -0.3 is 20.5 Å². The number of thiazole rings is 1. The van der Waals surface area contributed by atoms with Gasteiger partial charge in [0, 0.05) is 17.8 Å². The van der Waals surface area contributed by atoms with Gasteiger partial charge in [-0.3, -0.25) is 4.98 Å². The normalized spacial score (nSPS) is 20.5. The summed E-state index contributed by atoms with van der Waals surface area (Å²) in [6.07, 6.45) is 12.2. The van der Waals surface area contributed by atoms with Crippen molar-refractivity contribution in [2.45, 2.75) is 69.6 Å². The van der Waals surface area contributed by atoms with E-state index >= 15 is 0 Å². The van der Waals surface area contributed by atoms with E-state index in [1.165, 1.54) is 12.8 Å². The molecule has 2 aliphatic rings. The summed E-state index contributed by atoms with van der Waals surface area (Å²) in [5.74, 6) is 2.45. The lowest BCUT2D eigenvalue weighted by Gasteiger charge is -2.26. The Morgan fingerprint density at radius 2 is 1.69 bits per heavy atom. The monoisotopic (exact) mass is 501 g/mol. The Hall–Kier alpha value is -3.23. The van der Waals surface area contributed by atoms with Crippen molar-refractivity contribution in [2.75, 3.05) is 10.6 Å². The third-order valence-electron chi connectivity index (χ3n) is 7.07. The number of aromatic nitrogens is 3. The Morgan fingerprint density at radius 1 is 0.861 bits per heavy atom. The maximum atomic E-state index is 9.74. The van der Waals surface area contributed by atoms with Crippen LogP contribution in [-0.2, 0) is 0 Å². The van der Waals surface area contributed by atoms with Crippen LogP contribution in [0.4, 0.5) is 16.8 Å². The number of aliphatic hydroxyl groups is 1. The van der Waals surface area contributed by atoms with Gasteiger partial charge in [0.25, 0.3) is 0 Å². The molecule has 1 aromatic carbocycles. The number of hydrogen-bond donors (Lipinski definition) is 3. The van der Waals surface area contributed by atoms with Crippen LogP contribution in [0.5, 0.6) is 5.75 Å². The van der Waals surface area contributed by atoms with E-state index in [0.717, 1.165) is 82.4 Å². The Labute approximate surface area is 215 Å². The molecule has 186 valence electrons. The van der Waals surface area contributed by atoms with Crippen LogP contribution < -0.4 is 15.4 Å². The van der Waals surface area contributed by atoms with Crippen LogP contribution in [0.25, 0.3) is 21.3 Å². The lowest BCUT2D eigenvalue weighted by atomic mass is 9.93. The zero-order valence-electron chi connectivity index (χ0n) is 20.2. The quantitative estimate of drug-likeness (QED) is 0.265. The first kappa shape index (κ1) is 23.2. The summed E-state index contributed by atoms with van der Waals surface area (Å²) in [6, 6.07) is 14.7. The minimum absolute atomic E-state index is 0.158. The molecule has 0 radical (unpaired) electrons. The van der Waals surface area contributed by atoms with Crippen molar-refractivity contribution in [2.24, 2.45) is 0 Å². The smallest absolute Gasteiger partial charge is 0.189 e. The fourth-order valence-electron chi connectivity index (χ4n) is 5.12.